The number of H-pyrrole nitrogens is 1. The number of rotatable bonds is 3. The molecule has 0 spiro atoms. The first kappa shape index (κ1) is 9.46. The van der Waals surface area contributed by atoms with Gasteiger partial charge in [-0.25, -0.2) is 0 Å². The molecule has 0 aliphatic carbocycles. The van der Waals surface area contributed by atoms with Gasteiger partial charge in [-0.3, -0.25) is 9.69 Å². The Kier molecular flexibility index (Phi) is 2.19. The summed E-state index contributed by atoms with van der Waals surface area (Å²) in [4.78, 5) is 16.8. The average molecular weight is 192 g/mol. The van der Waals surface area contributed by atoms with E-state index in [1.807, 2.05) is 12.1 Å². The minimum Gasteiger partial charge on any atom is -0.359 e. The second-order valence-corrected chi connectivity index (χ2v) is 4.82. The quantitative estimate of drug-likeness (QED) is 0.737. The van der Waals surface area contributed by atoms with Crippen LogP contribution in [0.1, 0.15) is 24.3 Å². The molecule has 1 aliphatic rings. The third kappa shape index (κ3) is 1.87. The highest BCUT2D eigenvalue weighted by atomic mass is 16.1. The fraction of sp³-hybridized carbons (Fsp3) is 0.545. The van der Waals surface area contributed by atoms with Crippen molar-refractivity contribution in [3.63, 3.8) is 0 Å². The number of nitrogens with zero attached hydrogens (tertiary/aromatic N) is 1. The molecular formula is C11H16N2O. The van der Waals surface area contributed by atoms with Crippen LogP contribution >= 0.6 is 0 Å². The molecule has 0 unspecified atom stereocenters. The van der Waals surface area contributed by atoms with Crippen molar-refractivity contribution in [1.29, 1.82) is 0 Å². The predicted octanol–water partition coefficient (Wildman–Crippen LogP) is 1.54. The molecule has 1 N–H and O–H groups in total. The van der Waals surface area contributed by atoms with E-state index in [-0.39, 0.29) is 5.78 Å². The highest BCUT2D eigenvalue weighted by Gasteiger charge is 2.34. The molecule has 0 atom stereocenters. The fourth-order valence-electron chi connectivity index (χ4n) is 2.07. The van der Waals surface area contributed by atoms with Crippen LogP contribution < -0.4 is 0 Å². The Morgan fingerprint density at radius 3 is 2.79 bits per heavy atom. The molecule has 0 saturated carbocycles. The van der Waals surface area contributed by atoms with E-state index in [4.69, 9.17) is 0 Å². The number of carbonyl (C=O) groups excluding carboxylic acids is 1. The molecule has 1 saturated heterocycles. The molecule has 0 aromatic carbocycles. The SMILES string of the molecule is CC1(C)CN(CC(=O)c2ccc[nH]2)C1. The molecule has 3 heteroatoms. The number of ketones is 1. The van der Waals surface area contributed by atoms with Gasteiger partial charge in [-0.05, 0) is 17.5 Å². The van der Waals surface area contributed by atoms with Crippen molar-refractivity contribution in [2.45, 2.75) is 13.8 Å². The van der Waals surface area contributed by atoms with Crippen molar-refractivity contribution in [3.05, 3.63) is 24.0 Å². The predicted molar refractivity (Wildman–Crippen MR) is 55.3 cm³/mol. The van der Waals surface area contributed by atoms with Gasteiger partial charge in [0, 0.05) is 19.3 Å². The monoisotopic (exact) mass is 192 g/mol. The van der Waals surface area contributed by atoms with Crippen LogP contribution in [0.5, 0.6) is 0 Å². The lowest BCUT2D eigenvalue weighted by atomic mass is 9.84. The summed E-state index contributed by atoms with van der Waals surface area (Å²) in [6, 6.07) is 3.68. The Bertz CT molecular complexity index is 319. The highest BCUT2D eigenvalue weighted by molar-refractivity contribution is 5.95. The lowest BCUT2D eigenvalue weighted by Gasteiger charge is -2.45. The molecular weight excluding hydrogens is 176 g/mol. The molecule has 3 nitrogen and oxygen atoms in total. The number of carbonyl (C=O) groups is 1. The molecule has 2 heterocycles. The van der Waals surface area contributed by atoms with E-state index < -0.39 is 0 Å². The molecule has 0 radical (unpaired) electrons. The fourth-order valence-corrected chi connectivity index (χ4v) is 2.07. The summed E-state index contributed by atoms with van der Waals surface area (Å²) in [5, 5.41) is 0. The molecule has 1 aliphatic heterocycles. The summed E-state index contributed by atoms with van der Waals surface area (Å²) in [6.45, 7) is 7.05. The summed E-state index contributed by atoms with van der Waals surface area (Å²) in [5.74, 6) is 0.186. The number of likely N-dealkylation sites (tertiary alicyclic amines) is 1. The molecule has 76 valence electrons. The standard InChI is InChI=1S/C11H16N2O/c1-11(2)7-13(8-11)6-10(14)9-4-3-5-12-9/h3-5,12H,6-8H2,1-2H3. The van der Waals surface area contributed by atoms with E-state index in [2.05, 4.69) is 23.7 Å². The van der Waals surface area contributed by atoms with Crippen LogP contribution in [-0.2, 0) is 0 Å². The zero-order valence-corrected chi connectivity index (χ0v) is 8.71. The Labute approximate surface area is 84.1 Å². The third-order valence-electron chi connectivity index (χ3n) is 2.57. The minimum atomic E-state index is 0.186. The first-order chi connectivity index (χ1) is 6.57. The van der Waals surface area contributed by atoms with Crippen LogP contribution in [0.4, 0.5) is 0 Å². The maximum absolute atomic E-state index is 11.6. The Hall–Kier alpha value is -1.09. The summed E-state index contributed by atoms with van der Waals surface area (Å²) < 4.78 is 0. The van der Waals surface area contributed by atoms with E-state index in [9.17, 15) is 4.79 Å². The Balaban J connectivity index is 1.86. The van der Waals surface area contributed by atoms with Gasteiger partial charge in [0.2, 0.25) is 0 Å². The van der Waals surface area contributed by atoms with Crippen molar-refractivity contribution in [2.24, 2.45) is 5.41 Å². The molecule has 0 bridgehead atoms. The van der Waals surface area contributed by atoms with Crippen molar-refractivity contribution in [3.8, 4) is 0 Å². The van der Waals surface area contributed by atoms with Crippen molar-refractivity contribution in [1.82, 2.24) is 9.88 Å². The van der Waals surface area contributed by atoms with Gasteiger partial charge in [0.1, 0.15) is 0 Å². The molecule has 2 rings (SSSR count). The van der Waals surface area contributed by atoms with Gasteiger partial charge in [-0.2, -0.15) is 0 Å². The molecule has 1 fully saturated rings. The summed E-state index contributed by atoms with van der Waals surface area (Å²) in [5.41, 5.74) is 1.12. The van der Waals surface area contributed by atoms with Gasteiger partial charge >= 0.3 is 0 Å². The number of nitrogens with one attached hydrogen (secondary N) is 1. The Morgan fingerprint density at radius 2 is 2.29 bits per heavy atom. The van der Waals surface area contributed by atoms with Crippen LogP contribution in [0, 0.1) is 5.41 Å². The number of aromatic amines is 1. The highest BCUT2D eigenvalue weighted by Crippen LogP contribution is 2.28. The van der Waals surface area contributed by atoms with Gasteiger partial charge in [0.05, 0.1) is 12.2 Å². The number of hydrogen-bond donors (Lipinski definition) is 1. The van der Waals surface area contributed by atoms with Gasteiger partial charge in [-0.1, -0.05) is 13.8 Å². The topological polar surface area (TPSA) is 36.1 Å². The van der Waals surface area contributed by atoms with Crippen LogP contribution in [0.3, 0.4) is 0 Å². The van der Waals surface area contributed by atoms with Gasteiger partial charge in [0.25, 0.3) is 0 Å². The molecule has 0 amide bonds. The number of Topliss-reactive ketones (excluding diaryl/α,β-unsaturated/α-hetero) is 1. The van der Waals surface area contributed by atoms with Gasteiger partial charge in [0.15, 0.2) is 5.78 Å². The normalized spacial score (nSPS) is 20.4. The zero-order chi connectivity index (χ0) is 10.2. The zero-order valence-electron chi connectivity index (χ0n) is 8.71. The maximum Gasteiger partial charge on any atom is 0.192 e. The molecule has 1 aromatic rings. The smallest absolute Gasteiger partial charge is 0.192 e. The van der Waals surface area contributed by atoms with Gasteiger partial charge in [-0.15, -0.1) is 0 Å². The maximum atomic E-state index is 11.6. The second kappa shape index (κ2) is 3.24. The summed E-state index contributed by atoms with van der Waals surface area (Å²) in [6.07, 6.45) is 1.78. The first-order valence-electron chi connectivity index (χ1n) is 4.96. The number of hydrogen-bond acceptors (Lipinski definition) is 2. The van der Waals surface area contributed by atoms with Crippen LogP contribution in [-0.4, -0.2) is 35.3 Å². The van der Waals surface area contributed by atoms with Crippen molar-refractivity contribution in [2.75, 3.05) is 19.6 Å². The first-order valence-corrected chi connectivity index (χ1v) is 4.96. The summed E-state index contributed by atoms with van der Waals surface area (Å²) in [7, 11) is 0. The molecule has 1 aromatic heterocycles. The second-order valence-electron chi connectivity index (χ2n) is 4.82. The average Bonchev–Trinajstić information content (AvgIpc) is 2.51. The van der Waals surface area contributed by atoms with Crippen molar-refractivity contribution < 1.29 is 4.79 Å². The van der Waals surface area contributed by atoms with E-state index >= 15 is 0 Å². The minimum absolute atomic E-state index is 0.186. The lowest BCUT2D eigenvalue weighted by Crippen LogP contribution is -2.54. The lowest BCUT2D eigenvalue weighted by molar-refractivity contribution is 0.0311. The molecule has 14 heavy (non-hydrogen) atoms. The van der Waals surface area contributed by atoms with Crippen molar-refractivity contribution >= 4 is 5.78 Å². The van der Waals surface area contributed by atoms with Crippen LogP contribution in [0.2, 0.25) is 0 Å². The van der Waals surface area contributed by atoms with E-state index in [0.717, 1.165) is 18.8 Å². The van der Waals surface area contributed by atoms with E-state index in [0.29, 0.717) is 12.0 Å². The van der Waals surface area contributed by atoms with Gasteiger partial charge < -0.3 is 4.98 Å². The van der Waals surface area contributed by atoms with Crippen LogP contribution in [0.15, 0.2) is 18.3 Å². The van der Waals surface area contributed by atoms with E-state index in [1.165, 1.54) is 0 Å². The largest absolute Gasteiger partial charge is 0.359 e. The Morgan fingerprint density at radius 1 is 1.57 bits per heavy atom. The number of aromatic nitrogens is 1. The van der Waals surface area contributed by atoms with Crippen LogP contribution in [0.25, 0.3) is 0 Å². The third-order valence-corrected chi connectivity index (χ3v) is 2.57. The summed E-state index contributed by atoms with van der Waals surface area (Å²) >= 11 is 0. The van der Waals surface area contributed by atoms with E-state index in [1.54, 1.807) is 6.20 Å².